The largest absolute Gasteiger partial charge is 0.494 e. The molecule has 0 aliphatic rings. The summed E-state index contributed by atoms with van der Waals surface area (Å²) >= 11 is 0. The van der Waals surface area contributed by atoms with Crippen molar-refractivity contribution in [3.8, 4) is 5.75 Å². The highest BCUT2D eigenvalue weighted by atomic mass is 16.5. The number of amides is 1. The van der Waals surface area contributed by atoms with Gasteiger partial charge < -0.3 is 9.15 Å². The van der Waals surface area contributed by atoms with Crippen molar-refractivity contribution in [2.75, 3.05) is 6.61 Å². The van der Waals surface area contributed by atoms with E-state index in [-0.39, 0.29) is 11.7 Å². The maximum atomic E-state index is 11.6. The number of hydrogen-bond donors (Lipinski definition) is 1. The Balaban J connectivity index is 1.82. The molecule has 0 aliphatic carbocycles. The average Bonchev–Trinajstić information content (AvgIpc) is 3.03. The summed E-state index contributed by atoms with van der Waals surface area (Å²) in [5.74, 6) is 0.683. The van der Waals surface area contributed by atoms with Crippen LogP contribution in [0.4, 0.5) is 0 Å². The zero-order valence-corrected chi connectivity index (χ0v) is 11.9. The van der Waals surface area contributed by atoms with Gasteiger partial charge in [-0.3, -0.25) is 4.79 Å². The van der Waals surface area contributed by atoms with Crippen LogP contribution in [-0.2, 0) is 0 Å². The first-order chi connectivity index (χ1) is 10.3. The summed E-state index contributed by atoms with van der Waals surface area (Å²) in [6, 6.07) is 10.7. The number of nitrogens with one attached hydrogen (secondary N) is 1. The Morgan fingerprint density at radius 2 is 2.14 bits per heavy atom. The normalized spacial score (nSPS) is 10.7. The Morgan fingerprint density at radius 3 is 2.81 bits per heavy atom. The summed E-state index contributed by atoms with van der Waals surface area (Å²) in [5.41, 5.74) is 3.27. The monoisotopic (exact) mass is 286 g/mol. The highest BCUT2D eigenvalue weighted by Crippen LogP contribution is 2.11. The molecule has 2 aromatic rings. The van der Waals surface area contributed by atoms with Crippen LogP contribution < -0.4 is 10.2 Å². The van der Waals surface area contributed by atoms with E-state index in [1.807, 2.05) is 24.3 Å². The summed E-state index contributed by atoms with van der Waals surface area (Å²) in [6.45, 7) is 2.85. The lowest BCUT2D eigenvalue weighted by Gasteiger charge is -2.04. The number of benzene rings is 1. The third-order valence-corrected chi connectivity index (χ3v) is 2.77. The number of furan rings is 1. The van der Waals surface area contributed by atoms with Crippen LogP contribution >= 0.6 is 0 Å². The summed E-state index contributed by atoms with van der Waals surface area (Å²) < 4.78 is 10.5. The van der Waals surface area contributed by atoms with Crippen molar-refractivity contribution in [2.45, 2.75) is 19.8 Å². The van der Waals surface area contributed by atoms with Gasteiger partial charge in [0.25, 0.3) is 0 Å². The molecule has 1 aromatic carbocycles. The molecule has 1 amide bonds. The van der Waals surface area contributed by atoms with Gasteiger partial charge in [-0.1, -0.05) is 13.3 Å². The molecule has 0 saturated carbocycles. The molecular weight excluding hydrogens is 268 g/mol. The van der Waals surface area contributed by atoms with Crippen molar-refractivity contribution in [1.29, 1.82) is 0 Å². The molecule has 5 nitrogen and oxygen atoms in total. The second-order valence-corrected chi connectivity index (χ2v) is 4.45. The maximum Gasteiger partial charge on any atom is 0.307 e. The SMILES string of the molecule is CCCCOc1ccc(/C=N\NC(=O)c2ccco2)cc1. The van der Waals surface area contributed by atoms with E-state index in [0.717, 1.165) is 30.8 Å². The molecule has 21 heavy (non-hydrogen) atoms. The summed E-state index contributed by atoms with van der Waals surface area (Å²) in [4.78, 5) is 11.6. The molecule has 0 saturated heterocycles. The van der Waals surface area contributed by atoms with Gasteiger partial charge in [0.1, 0.15) is 5.75 Å². The number of carbonyl (C=O) groups is 1. The summed E-state index contributed by atoms with van der Waals surface area (Å²) in [7, 11) is 0. The molecule has 0 radical (unpaired) electrons. The Hall–Kier alpha value is -2.56. The Labute approximate surface area is 123 Å². The van der Waals surface area contributed by atoms with Crippen molar-refractivity contribution in [2.24, 2.45) is 5.10 Å². The lowest BCUT2D eigenvalue weighted by Crippen LogP contribution is -2.16. The van der Waals surface area contributed by atoms with Crippen LogP contribution in [0.3, 0.4) is 0 Å². The topological polar surface area (TPSA) is 63.8 Å². The molecule has 0 spiro atoms. The maximum absolute atomic E-state index is 11.6. The number of hydrogen-bond acceptors (Lipinski definition) is 4. The van der Waals surface area contributed by atoms with Crippen LogP contribution in [0.1, 0.15) is 35.9 Å². The summed E-state index contributed by atoms with van der Waals surface area (Å²) in [5, 5.41) is 3.88. The van der Waals surface area contributed by atoms with E-state index in [2.05, 4.69) is 17.5 Å². The third-order valence-electron chi connectivity index (χ3n) is 2.77. The van der Waals surface area contributed by atoms with Crippen LogP contribution in [0.5, 0.6) is 5.75 Å². The predicted octanol–water partition coefficient (Wildman–Crippen LogP) is 3.22. The third kappa shape index (κ3) is 4.80. The van der Waals surface area contributed by atoms with E-state index in [4.69, 9.17) is 9.15 Å². The number of ether oxygens (including phenoxy) is 1. The van der Waals surface area contributed by atoms with E-state index in [1.165, 1.54) is 6.26 Å². The van der Waals surface area contributed by atoms with Gasteiger partial charge in [0.05, 0.1) is 19.1 Å². The fourth-order valence-electron chi connectivity index (χ4n) is 1.61. The van der Waals surface area contributed by atoms with Gasteiger partial charge in [0.15, 0.2) is 5.76 Å². The smallest absolute Gasteiger partial charge is 0.307 e. The molecule has 1 heterocycles. The van der Waals surface area contributed by atoms with Gasteiger partial charge in [-0.15, -0.1) is 0 Å². The van der Waals surface area contributed by atoms with E-state index >= 15 is 0 Å². The Morgan fingerprint density at radius 1 is 1.33 bits per heavy atom. The molecule has 1 aromatic heterocycles. The number of carbonyl (C=O) groups excluding carboxylic acids is 1. The quantitative estimate of drug-likeness (QED) is 0.483. The number of hydrazone groups is 1. The van der Waals surface area contributed by atoms with Gasteiger partial charge in [-0.25, -0.2) is 5.43 Å². The predicted molar refractivity (Wildman–Crippen MR) is 80.6 cm³/mol. The fraction of sp³-hybridized carbons (Fsp3) is 0.250. The highest BCUT2D eigenvalue weighted by Gasteiger charge is 2.05. The van der Waals surface area contributed by atoms with Gasteiger partial charge in [-0.05, 0) is 48.4 Å². The van der Waals surface area contributed by atoms with Crippen molar-refractivity contribution >= 4 is 12.1 Å². The van der Waals surface area contributed by atoms with Crippen LogP contribution in [0.2, 0.25) is 0 Å². The van der Waals surface area contributed by atoms with Gasteiger partial charge >= 0.3 is 5.91 Å². The molecular formula is C16H18N2O3. The zero-order valence-electron chi connectivity index (χ0n) is 11.9. The molecule has 0 aliphatic heterocycles. The summed E-state index contributed by atoms with van der Waals surface area (Å²) in [6.07, 6.45) is 5.16. The van der Waals surface area contributed by atoms with Crippen molar-refractivity contribution < 1.29 is 13.9 Å². The van der Waals surface area contributed by atoms with E-state index in [9.17, 15) is 4.79 Å². The molecule has 0 fully saturated rings. The van der Waals surface area contributed by atoms with E-state index in [1.54, 1.807) is 18.3 Å². The van der Waals surface area contributed by atoms with Gasteiger partial charge in [0, 0.05) is 0 Å². The minimum Gasteiger partial charge on any atom is -0.494 e. The van der Waals surface area contributed by atoms with E-state index < -0.39 is 0 Å². The lowest BCUT2D eigenvalue weighted by atomic mass is 10.2. The zero-order chi connectivity index (χ0) is 14.9. The molecule has 1 N–H and O–H groups in total. The minimum atomic E-state index is -0.379. The molecule has 5 heteroatoms. The molecule has 0 bridgehead atoms. The molecule has 2 rings (SSSR count). The first-order valence-corrected chi connectivity index (χ1v) is 6.89. The molecule has 0 unspecified atom stereocenters. The number of unbranched alkanes of at least 4 members (excludes halogenated alkanes) is 1. The highest BCUT2D eigenvalue weighted by molar-refractivity contribution is 5.92. The van der Waals surface area contributed by atoms with Crippen molar-refractivity contribution in [1.82, 2.24) is 5.43 Å². The molecule has 0 atom stereocenters. The lowest BCUT2D eigenvalue weighted by molar-refractivity contribution is 0.0927. The van der Waals surface area contributed by atoms with Crippen LogP contribution in [0.25, 0.3) is 0 Å². The average molecular weight is 286 g/mol. The fourth-order valence-corrected chi connectivity index (χ4v) is 1.61. The second-order valence-electron chi connectivity index (χ2n) is 4.45. The van der Waals surface area contributed by atoms with E-state index in [0.29, 0.717) is 0 Å². The Kier molecular flexibility index (Phi) is 5.58. The van der Waals surface area contributed by atoms with Gasteiger partial charge in [-0.2, -0.15) is 5.10 Å². The standard InChI is InChI=1S/C16H18N2O3/c1-2-3-10-20-14-8-6-13(7-9-14)12-17-18-16(19)15-5-4-11-21-15/h4-9,11-12H,2-3,10H2,1H3,(H,18,19)/b17-12-. The van der Waals surface area contributed by atoms with Crippen molar-refractivity contribution in [3.63, 3.8) is 0 Å². The number of rotatable bonds is 7. The van der Waals surface area contributed by atoms with Gasteiger partial charge in [0.2, 0.25) is 0 Å². The molecule has 110 valence electrons. The van der Waals surface area contributed by atoms with Crippen LogP contribution in [-0.4, -0.2) is 18.7 Å². The van der Waals surface area contributed by atoms with Crippen molar-refractivity contribution in [3.05, 3.63) is 54.0 Å². The van der Waals surface area contributed by atoms with Crippen LogP contribution in [0.15, 0.2) is 52.2 Å². The minimum absolute atomic E-state index is 0.229. The van der Waals surface area contributed by atoms with Crippen LogP contribution in [0, 0.1) is 0 Å². The number of nitrogens with zero attached hydrogens (tertiary/aromatic N) is 1. The second kappa shape index (κ2) is 7.89. The first kappa shape index (κ1) is 14.8. The first-order valence-electron chi connectivity index (χ1n) is 6.89. The Bertz CT molecular complexity index is 574.